The molecule has 0 spiro atoms. The van der Waals surface area contributed by atoms with E-state index < -0.39 is 21.5 Å². The van der Waals surface area contributed by atoms with Gasteiger partial charge in [0.1, 0.15) is 9.85 Å². The molecule has 0 fully saturated rings. The Morgan fingerprint density at radius 2 is 1.72 bits per heavy atom. The first-order chi connectivity index (χ1) is 8.44. The molecule has 9 heteroatoms. The Hall–Kier alpha value is -3.02. The van der Waals surface area contributed by atoms with Crippen LogP contribution in [0.2, 0.25) is 0 Å². The minimum Gasteiger partial charge on any atom is -0.269 e. The summed E-state index contributed by atoms with van der Waals surface area (Å²) in [5, 5.41) is 31.2. The zero-order valence-electron chi connectivity index (χ0n) is 8.77. The predicted octanol–water partition coefficient (Wildman–Crippen LogP) is 0.147. The van der Waals surface area contributed by atoms with Crippen LogP contribution < -0.4 is 5.32 Å². The predicted molar refractivity (Wildman–Crippen MR) is 56.2 cm³/mol. The fourth-order valence-corrected chi connectivity index (χ4v) is 1.09. The monoisotopic (exact) mass is 250 g/mol. The summed E-state index contributed by atoms with van der Waals surface area (Å²) in [7, 11) is 0. The van der Waals surface area contributed by atoms with Gasteiger partial charge in [-0.25, -0.2) is 5.32 Å². The van der Waals surface area contributed by atoms with E-state index in [1.165, 1.54) is 29.6 Å². The van der Waals surface area contributed by atoms with E-state index in [1.54, 1.807) is 6.07 Å². The number of nitro groups is 2. The minimum absolute atomic E-state index is 0.0270. The summed E-state index contributed by atoms with van der Waals surface area (Å²) in [5.41, 5.74) is -0.0270. The molecule has 0 heterocycles. The number of rotatable bonds is 4. The molecule has 9 nitrogen and oxygen atoms in total. The van der Waals surface area contributed by atoms with Gasteiger partial charge in [-0.05, 0) is 12.1 Å². The van der Waals surface area contributed by atoms with Crippen LogP contribution in [0.5, 0.6) is 0 Å². The smallest absolute Gasteiger partial charge is 0.269 e. The highest BCUT2D eigenvalue weighted by atomic mass is 16.7. The number of benzene rings is 1. The number of nitrogens with one attached hydrogen (secondary N) is 1. The zero-order chi connectivity index (χ0) is 13.8. The summed E-state index contributed by atoms with van der Waals surface area (Å²) in [5.74, 6) is -4.46. The second kappa shape index (κ2) is 4.88. The van der Waals surface area contributed by atoms with Crippen molar-refractivity contribution in [3.63, 3.8) is 0 Å². The normalized spacial score (nSPS) is 10.2. The highest BCUT2D eigenvalue weighted by Gasteiger charge is 2.59. The van der Waals surface area contributed by atoms with Crippen molar-refractivity contribution in [2.45, 2.75) is 5.79 Å². The Morgan fingerprint density at radius 1 is 1.22 bits per heavy atom. The van der Waals surface area contributed by atoms with Crippen molar-refractivity contribution < 1.29 is 14.6 Å². The lowest BCUT2D eigenvalue weighted by Crippen LogP contribution is -2.59. The highest BCUT2D eigenvalue weighted by molar-refractivity contribution is 5.94. The lowest BCUT2D eigenvalue weighted by molar-refractivity contribution is -0.782. The van der Waals surface area contributed by atoms with Crippen molar-refractivity contribution in [1.29, 1.82) is 5.26 Å². The number of hydrogen-bond donors (Lipinski definition) is 1. The van der Waals surface area contributed by atoms with Crippen LogP contribution in [0.25, 0.3) is 0 Å². The van der Waals surface area contributed by atoms with Crippen LogP contribution in [0, 0.1) is 31.6 Å². The molecular weight excluding hydrogens is 244 g/mol. The molecule has 0 aliphatic carbocycles. The standard InChI is InChI=1S/C9H6N4O5/c10-6-9(12(15)16,13(17)18)11-8(14)7-4-2-1-3-5-7/h1-5H,(H,11,14). The van der Waals surface area contributed by atoms with Crippen LogP contribution in [-0.2, 0) is 0 Å². The molecule has 1 amide bonds. The van der Waals surface area contributed by atoms with Crippen molar-refractivity contribution >= 4 is 5.91 Å². The number of carbonyl (C=O) groups excluding carboxylic acids is 1. The Bertz CT molecular complexity index is 522. The van der Waals surface area contributed by atoms with Gasteiger partial charge >= 0.3 is 5.79 Å². The van der Waals surface area contributed by atoms with Gasteiger partial charge in [-0.2, -0.15) is 5.26 Å². The molecular formula is C9H6N4O5. The summed E-state index contributed by atoms with van der Waals surface area (Å²) < 4.78 is 0. The molecule has 18 heavy (non-hydrogen) atoms. The maximum Gasteiger partial charge on any atom is 0.634 e. The van der Waals surface area contributed by atoms with Crippen molar-refractivity contribution in [1.82, 2.24) is 5.32 Å². The second-order valence-electron chi connectivity index (χ2n) is 3.12. The fourth-order valence-electron chi connectivity index (χ4n) is 1.09. The molecule has 0 bridgehead atoms. The van der Waals surface area contributed by atoms with E-state index in [2.05, 4.69) is 0 Å². The van der Waals surface area contributed by atoms with Crippen LogP contribution in [0.3, 0.4) is 0 Å². The third-order valence-electron chi connectivity index (χ3n) is 2.01. The van der Waals surface area contributed by atoms with E-state index in [0.29, 0.717) is 0 Å². The SMILES string of the molecule is N#CC(NC(=O)c1ccccc1)([N+](=O)[O-])[N+](=O)[O-]. The molecule has 92 valence electrons. The van der Waals surface area contributed by atoms with Crippen molar-refractivity contribution in [3.05, 3.63) is 56.1 Å². The second-order valence-corrected chi connectivity index (χ2v) is 3.12. The Kier molecular flexibility index (Phi) is 3.53. The van der Waals surface area contributed by atoms with Gasteiger partial charge in [0, 0.05) is 5.56 Å². The van der Waals surface area contributed by atoms with Crippen LogP contribution in [0.4, 0.5) is 0 Å². The van der Waals surface area contributed by atoms with E-state index in [-0.39, 0.29) is 5.56 Å². The summed E-state index contributed by atoms with van der Waals surface area (Å²) in [6, 6.07) is 8.03. The van der Waals surface area contributed by atoms with Crippen LogP contribution in [0.15, 0.2) is 30.3 Å². The van der Waals surface area contributed by atoms with Gasteiger partial charge in [-0.1, -0.05) is 18.2 Å². The molecule has 0 aromatic heterocycles. The van der Waals surface area contributed by atoms with Gasteiger partial charge in [0.15, 0.2) is 0 Å². The average Bonchev–Trinajstić information content (AvgIpc) is 2.36. The number of nitriles is 1. The van der Waals surface area contributed by atoms with E-state index in [0.717, 1.165) is 6.07 Å². The third kappa shape index (κ3) is 2.22. The van der Waals surface area contributed by atoms with Gasteiger partial charge in [-0.15, -0.1) is 0 Å². The summed E-state index contributed by atoms with van der Waals surface area (Å²) in [6.07, 6.45) is 0. The quantitative estimate of drug-likeness (QED) is 0.458. The molecule has 1 aromatic rings. The summed E-state index contributed by atoms with van der Waals surface area (Å²) in [6.45, 7) is 0. The summed E-state index contributed by atoms with van der Waals surface area (Å²) >= 11 is 0. The first-order valence-electron chi connectivity index (χ1n) is 4.52. The molecule has 0 aliphatic heterocycles. The van der Waals surface area contributed by atoms with Gasteiger partial charge in [0.25, 0.3) is 12.0 Å². The lowest BCUT2D eigenvalue weighted by atomic mass is 10.2. The van der Waals surface area contributed by atoms with Crippen molar-refractivity contribution in [3.8, 4) is 6.07 Å². The van der Waals surface area contributed by atoms with Gasteiger partial charge < -0.3 is 0 Å². The number of amides is 1. The number of carbonyl (C=O) groups is 1. The Balaban J connectivity index is 3.08. The topological polar surface area (TPSA) is 139 Å². The summed E-state index contributed by atoms with van der Waals surface area (Å²) in [4.78, 5) is 29.8. The molecule has 0 atom stereocenters. The van der Waals surface area contributed by atoms with Gasteiger partial charge in [0.05, 0.1) is 0 Å². The zero-order valence-corrected chi connectivity index (χ0v) is 8.77. The molecule has 1 aromatic carbocycles. The van der Waals surface area contributed by atoms with E-state index >= 15 is 0 Å². The van der Waals surface area contributed by atoms with Crippen LogP contribution in [-0.4, -0.2) is 21.5 Å². The molecule has 1 rings (SSSR count). The Morgan fingerprint density at radius 3 is 2.11 bits per heavy atom. The molecule has 0 radical (unpaired) electrons. The first kappa shape index (κ1) is 13.0. The maximum atomic E-state index is 11.6. The van der Waals surface area contributed by atoms with E-state index in [9.17, 15) is 25.0 Å². The fraction of sp³-hybridized carbons (Fsp3) is 0.111. The molecule has 0 unspecified atom stereocenters. The van der Waals surface area contributed by atoms with E-state index in [1.807, 2.05) is 0 Å². The minimum atomic E-state index is -3.38. The number of hydrogen-bond acceptors (Lipinski definition) is 6. The third-order valence-corrected chi connectivity index (χ3v) is 2.01. The van der Waals surface area contributed by atoms with Crippen LogP contribution >= 0.6 is 0 Å². The van der Waals surface area contributed by atoms with E-state index in [4.69, 9.17) is 5.26 Å². The Labute approximate surface area is 99.9 Å². The number of nitrogens with zero attached hydrogens (tertiary/aromatic N) is 3. The molecule has 0 aliphatic rings. The highest BCUT2D eigenvalue weighted by Crippen LogP contribution is 2.08. The first-order valence-corrected chi connectivity index (χ1v) is 4.52. The largest absolute Gasteiger partial charge is 0.634 e. The molecule has 1 N–H and O–H groups in total. The van der Waals surface area contributed by atoms with Crippen molar-refractivity contribution in [2.24, 2.45) is 0 Å². The lowest BCUT2D eigenvalue weighted by Gasteiger charge is -2.10. The average molecular weight is 250 g/mol. The molecule has 0 saturated carbocycles. The van der Waals surface area contributed by atoms with Crippen LogP contribution in [0.1, 0.15) is 10.4 Å². The molecule has 0 saturated heterocycles. The maximum absolute atomic E-state index is 11.6. The van der Waals surface area contributed by atoms with Gasteiger partial charge in [0.2, 0.25) is 0 Å². The van der Waals surface area contributed by atoms with Crippen molar-refractivity contribution in [2.75, 3.05) is 0 Å². The van der Waals surface area contributed by atoms with Gasteiger partial charge in [-0.3, -0.25) is 25.0 Å².